The molecule has 0 fully saturated rings. The lowest BCUT2D eigenvalue weighted by Crippen LogP contribution is -1.99. The lowest BCUT2D eigenvalue weighted by Gasteiger charge is -2.05. The Morgan fingerprint density at radius 3 is 2.39 bits per heavy atom. The van der Waals surface area contributed by atoms with Crippen LogP contribution in [-0.2, 0) is 0 Å². The van der Waals surface area contributed by atoms with E-state index in [2.05, 4.69) is 10.5 Å². The van der Waals surface area contributed by atoms with Crippen molar-refractivity contribution >= 4 is 11.4 Å². The molecule has 0 unspecified atom stereocenters. The lowest BCUT2D eigenvalue weighted by atomic mass is 10.1. The monoisotopic (exact) mass is 240 g/mol. The first-order chi connectivity index (χ1) is 8.66. The van der Waals surface area contributed by atoms with Crippen LogP contribution in [0, 0.1) is 6.92 Å². The van der Waals surface area contributed by atoms with Gasteiger partial charge < -0.3 is 5.11 Å². The number of rotatable bonds is 3. The minimum Gasteiger partial charge on any atom is -0.507 e. The first kappa shape index (κ1) is 12.2. The summed E-state index contributed by atoms with van der Waals surface area (Å²) >= 11 is 0. The van der Waals surface area contributed by atoms with Gasteiger partial charge in [0.25, 0.3) is 0 Å². The Morgan fingerprint density at radius 2 is 1.72 bits per heavy atom. The number of para-hydroxylation sites is 1. The molecule has 0 saturated carbocycles. The van der Waals surface area contributed by atoms with Crippen molar-refractivity contribution in [3.8, 4) is 5.75 Å². The van der Waals surface area contributed by atoms with Crippen LogP contribution in [-0.4, -0.2) is 10.8 Å². The van der Waals surface area contributed by atoms with Crippen LogP contribution in [0.15, 0.2) is 53.6 Å². The van der Waals surface area contributed by atoms with Crippen LogP contribution in [0.2, 0.25) is 0 Å². The van der Waals surface area contributed by atoms with Crippen LogP contribution >= 0.6 is 0 Å². The van der Waals surface area contributed by atoms with Crippen LogP contribution in [0.25, 0.3) is 0 Å². The van der Waals surface area contributed by atoms with Gasteiger partial charge in [-0.05, 0) is 38.1 Å². The van der Waals surface area contributed by atoms with E-state index < -0.39 is 0 Å². The molecular weight excluding hydrogens is 224 g/mol. The van der Waals surface area contributed by atoms with E-state index in [4.69, 9.17) is 0 Å². The molecule has 3 nitrogen and oxygen atoms in total. The predicted molar refractivity (Wildman–Crippen MR) is 75.1 cm³/mol. The van der Waals surface area contributed by atoms with Gasteiger partial charge in [0.1, 0.15) is 5.75 Å². The fraction of sp³-hybridized carbons (Fsp3) is 0.133. The molecule has 2 aromatic rings. The molecule has 0 atom stereocenters. The number of phenols is 1. The molecule has 0 heterocycles. The van der Waals surface area contributed by atoms with Crippen molar-refractivity contribution < 1.29 is 5.11 Å². The molecule has 2 aromatic carbocycles. The fourth-order valence-corrected chi connectivity index (χ4v) is 1.62. The third-order valence-corrected chi connectivity index (χ3v) is 2.70. The summed E-state index contributed by atoms with van der Waals surface area (Å²) < 4.78 is 0. The highest BCUT2D eigenvalue weighted by Gasteiger charge is 2.02. The fourth-order valence-electron chi connectivity index (χ4n) is 1.62. The molecule has 3 heteroatoms. The second kappa shape index (κ2) is 5.36. The molecule has 0 aliphatic carbocycles. The van der Waals surface area contributed by atoms with E-state index in [0.29, 0.717) is 0 Å². The summed E-state index contributed by atoms with van der Waals surface area (Å²) in [5.41, 5.74) is 6.59. The number of hydrogen-bond donors (Lipinski definition) is 2. The van der Waals surface area contributed by atoms with Gasteiger partial charge in [-0.15, -0.1) is 0 Å². The third-order valence-electron chi connectivity index (χ3n) is 2.70. The Balaban J connectivity index is 2.14. The van der Waals surface area contributed by atoms with Crippen molar-refractivity contribution in [2.75, 3.05) is 5.43 Å². The van der Waals surface area contributed by atoms with Crippen LogP contribution in [0.1, 0.15) is 18.1 Å². The van der Waals surface area contributed by atoms with E-state index in [0.717, 1.165) is 17.0 Å². The minimum atomic E-state index is 0.240. The van der Waals surface area contributed by atoms with E-state index in [1.807, 2.05) is 50.2 Å². The number of hydrogen-bond acceptors (Lipinski definition) is 3. The van der Waals surface area contributed by atoms with Gasteiger partial charge >= 0.3 is 0 Å². The normalized spacial score (nSPS) is 11.3. The summed E-state index contributed by atoms with van der Waals surface area (Å²) in [4.78, 5) is 0. The lowest BCUT2D eigenvalue weighted by molar-refractivity contribution is 0.474. The zero-order valence-electron chi connectivity index (χ0n) is 10.5. The summed E-state index contributed by atoms with van der Waals surface area (Å²) in [6, 6.07) is 15.1. The van der Waals surface area contributed by atoms with Crippen LogP contribution in [0.3, 0.4) is 0 Å². The van der Waals surface area contributed by atoms with Crippen molar-refractivity contribution in [3.63, 3.8) is 0 Å². The zero-order valence-corrected chi connectivity index (χ0v) is 10.5. The number of phenolic OH excluding ortho intramolecular Hbond substituents is 1. The van der Waals surface area contributed by atoms with Crippen LogP contribution in [0.5, 0.6) is 5.75 Å². The first-order valence-electron chi connectivity index (χ1n) is 5.82. The summed E-state index contributed by atoms with van der Waals surface area (Å²) in [5, 5.41) is 14.0. The Kier molecular flexibility index (Phi) is 3.63. The Hall–Kier alpha value is -2.29. The number of anilines is 1. The number of nitrogens with one attached hydrogen (secondary N) is 1. The number of aryl methyl sites for hydroxylation is 1. The molecule has 0 spiro atoms. The van der Waals surface area contributed by atoms with E-state index in [9.17, 15) is 5.11 Å². The molecular formula is C15H16N2O. The second-order valence-electron chi connectivity index (χ2n) is 4.19. The van der Waals surface area contributed by atoms with E-state index in [1.165, 1.54) is 5.56 Å². The molecule has 0 bridgehead atoms. The van der Waals surface area contributed by atoms with Gasteiger partial charge in [0.15, 0.2) is 0 Å². The summed E-state index contributed by atoms with van der Waals surface area (Å²) in [6.45, 7) is 3.90. The van der Waals surface area contributed by atoms with Crippen molar-refractivity contribution in [1.82, 2.24) is 0 Å². The summed E-state index contributed by atoms with van der Waals surface area (Å²) in [6.07, 6.45) is 0. The van der Waals surface area contributed by atoms with Gasteiger partial charge in [-0.1, -0.05) is 29.8 Å². The summed E-state index contributed by atoms with van der Waals surface area (Å²) in [7, 11) is 0. The molecule has 0 amide bonds. The predicted octanol–water partition coefficient (Wildman–Crippen LogP) is 3.54. The van der Waals surface area contributed by atoms with Crippen molar-refractivity contribution in [2.24, 2.45) is 5.10 Å². The molecule has 0 aliphatic heterocycles. The molecule has 0 radical (unpaired) electrons. The minimum absolute atomic E-state index is 0.240. The number of benzene rings is 2. The average Bonchev–Trinajstić information content (AvgIpc) is 2.38. The first-order valence-corrected chi connectivity index (χ1v) is 5.82. The molecule has 92 valence electrons. The Labute approximate surface area is 107 Å². The van der Waals surface area contributed by atoms with Crippen molar-refractivity contribution in [3.05, 3.63) is 59.7 Å². The van der Waals surface area contributed by atoms with Crippen molar-refractivity contribution in [1.29, 1.82) is 0 Å². The molecule has 2 rings (SSSR count). The molecule has 18 heavy (non-hydrogen) atoms. The highest BCUT2D eigenvalue weighted by atomic mass is 16.3. The zero-order chi connectivity index (χ0) is 13.0. The highest BCUT2D eigenvalue weighted by molar-refractivity contribution is 6.01. The number of nitrogens with zero attached hydrogens (tertiary/aromatic N) is 1. The Morgan fingerprint density at radius 1 is 1.06 bits per heavy atom. The number of hydrazone groups is 1. The van der Waals surface area contributed by atoms with Crippen LogP contribution < -0.4 is 5.43 Å². The quantitative estimate of drug-likeness (QED) is 0.636. The van der Waals surface area contributed by atoms with E-state index >= 15 is 0 Å². The molecule has 0 aliphatic rings. The number of aromatic hydroxyl groups is 1. The smallest absolute Gasteiger partial charge is 0.124 e. The van der Waals surface area contributed by atoms with E-state index in [-0.39, 0.29) is 5.75 Å². The Bertz CT molecular complexity index is 559. The molecule has 0 saturated heterocycles. The maximum Gasteiger partial charge on any atom is 0.124 e. The van der Waals surface area contributed by atoms with Gasteiger partial charge in [-0.3, -0.25) is 5.43 Å². The van der Waals surface area contributed by atoms with Crippen molar-refractivity contribution in [2.45, 2.75) is 13.8 Å². The average molecular weight is 240 g/mol. The molecule has 0 aromatic heterocycles. The summed E-state index contributed by atoms with van der Waals surface area (Å²) in [5.74, 6) is 0.240. The molecule has 2 N–H and O–H groups in total. The maximum atomic E-state index is 9.71. The largest absolute Gasteiger partial charge is 0.507 e. The SMILES string of the molecule is C/C(=N\Nc1ccc(C)cc1)c1ccccc1O. The third kappa shape index (κ3) is 2.88. The maximum absolute atomic E-state index is 9.71. The highest BCUT2D eigenvalue weighted by Crippen LogP contribution is 2.17. The van der Waals surface area contributed by atoms with Gasteiger partial charge in [0, 0.05) is 5.56 Å². The van der Waals surface area contributed by atoms with Gasteiger partial charge in [0.05, 0.1) is 11.4 Å². The standard InChI is InChI=1S/C15H16N2O/c1-11-7-9-13(10-8-11)17-16-12(2)14-5-3-4-6-15(14)18/h3-10,17-18H,1-2H3/b16-12+. The second-order valence-corrected chi connectivity index (χ2v) is 4.19. The van der Waals surface area contributed by atoms with Gasteiger partial charge in [-0.25, -0.2) is 0 Å². The van der Waals surface area contributed by atoms with Gasteiger partial charge in [0.2, 0.25) is 0 Å². The van der Waals surface area contributed by atoms with Gasteiger partial charge in [-0.2, -0.15) is 5.10 Å². The van der Waals surface area contributed by atoms with E-state index in [1.54, 1.807) is 12.1 Å². The van der Waals surface area contributed by atoms with Crippen LogP contribution in [0.4, 0.5) is 5.69 Å². The topological polar surface area (TPSA) is 44.6 Å².